The highest BCUT2D eigenvalue weighted by Crippen LogP contribution is 2.32. The molecule has 0 N–H and O–H groups in total. The smallest absolute Gasteiger partial charge is 0.408 e. The van der Waals surface area contributed by atoms with Gasteiger partial charge in [-0.2, -0.15) is 0 Å². The second kappa shape index (κ2) is 6.61. The average molecular weight is 340 g/mol. The van der Waals surface area contributed by atoms with Gasteiger partial charge in [0.15, 0.2) is 5.58 Å². The molecule has 2 rings (SSSR count). The highest BCUT2D eigenvalue weighted by molar-refractivity contribution is 9.09. The molecule has 1 heterocycles. The molecule has 1 aromatic carbocycles. The van der Waals surface area contributed by atoms with Gasteiger partial charge in [-0.3, -0.25) is 4.57 Å². The van der Waals surface area contributed by atoms with Gasteiger partial charge in [-0.05, 0) is 36.5 Å². The maximum Gasteiger partial charge on any atom is 0.419 e. The molecule has 0 spiro atoms. The summed E-state index contributed by atoms with van der Waals surface area (Å²) in [5.74, 6) is 0.416. The Balaban J connectivity index is 2.32. The Hall–Kier alpha value is -1.03. The number of benzene rings is 1. The Labute approximate surface area is 128 Å². The number of alkyl halides is 1. The Morgan fingerprint density at radius 1 is 1.35 bits per heavy atom. The number of rotatable bonds is 6. The van der Waals surface area contributed by atoms with Crippen LogP contribution >= 0.6 is 15.9 Å². The van der Waals surface area contributed by atoms with Gasteiger partial charge in [0, 0.05) is 11.4 Å². The molecule has 20 heavy (non-hydrogen) atoms. The van der Waals surface area contributed by atoms with E-state index in [0.29, 0.717) is 22.9 Å². The van der Waals surface area contributed by atoms with Crippen molar-refractivity contribution in [3.8, 4) is 0 Å². The quantitative estimate of drug-likeness (QED) is 0.703. The van der Waals surface area contributed by atoms with Crippen molar-refractivity contribution in [3.05, 3.63) is 34.3 Å². The highest BCUT2D eigenvalue weighted by atomic mass is 79.9. The van der Waals surface area contributed by atoms with E-state index < -0.39 is 0 Å². The molecule has 0 saturated carbocycles. The van der Waals surface area contributed by atoms with Gasteiger partial charge in [-0.1, -0.05) is 49.2 Å². The highest BCUT2D eigenvalue weighted by Gasteiger charge is 2.14. The van der Waals surface area contributed by atoms with Crippen LogP contribution in [0.25, 0.3) is 11.1 Å². The van der Waals surface area contributed by atoms with E-state index in [2.05, 4.69) is 42.8 Å². The number of oxazole rings is 1. The predicted molar refractivity (Wildman–Crippen MR) is 86.5 cm³/mol. The molecular weight excluding hydrogens is 318 g/mol. The molecular formula is C16H22BrNO2. The first kappa shape index (κ1) is 15.4. The molecule has 0 fully saturated rings. The summed E-state index contributed by atoms with van der Waals surface area (Å²) in [6.45, 7) is 7.22. The maximum absolute atomic E-state index is 11.8. The Bertz CT molecular complexity index is 629. The summed E-state index contributed by atoms with van der Waals surface area (Å²) in [7, 11) is 0. The second-order valence-corrected chi connectivity index (χ2v) is 6.57. The zero-order chi connectivity index (χ0) is 14.7. The van der Waals surface area contributed by atoms with E-state index in [1.54, 1.807) is 4.57 Å². The fraction of sp³-hybridized carbons (Fsp3) is 0.562. The number of aromatic nitrogens is 1. The van der Waals surface area contributed by atoms with Crippen molar-refractivity contribution < 1.29 is 4.42 Å². The lowest BCUT2D eigenvalue weighted by Crippen LogP contribution is -2.13. The molecule has 0 bridgehead atoms. The maximum atomic E-state index is 11.8. The van der Waals surface area contributed by atoms with E-state index >= 15 is 0 Å². The summed E-state index contributed by atoms with van der Waals surface area (Å²) in [6.07, 6.45) is 3.18. The third-order valence-corrected chi connectivity index (χ3v) is 4.71. The van der Waals surface area contributed by atoms with Crippen LogP contribution in [0.3, 0.4) is 0 Å². The molecule has 2 unspecified atom stereocenters. The van der Waals surface area contributed by atoms with Gasteiger partial charge in [0.2, 0.25) is 0 Å². The molecule has 0 radical (unpaired) electrons. The summed E-state index contributed by atoms with van der Waals surface area (Å²) in [5.41, 5.74) is 2.76. The molecule has 0 saturated heterocycles. The molecule has 0 aliphatic rings. The van der Waals surface area contributed by atoms with Gasteiger partial charge >= 0.3 is 5.76 Å². The van der Waals surface area contributed by atoms with Crippen molar-refractivity contribution in [1.29, 1.82) is 0 Å². The topological polar surface area (TPSA) is 35.1 Å². The molecule has 4 heteroatoms. The number of hydrogen-bond donors (Lipinski definition) is 0. The summed E-state index contributed by atoms with van der Waals surface area (Å²) in [5, 5.41) is 0. The molecule has 2 aromatic rings. The lowest BCUT2D eigenvalue weighted by molar-refractivity contribution is 0.501. The van der Waals surface area contributed by atoms with Gasteiger partial charge in [-0.15, -0.1) is 0 Å². The van der Waals surface area contributed by atoms with Crippen LogP contribution in [0.1, 0.15) is 50.4 Å². The minimum absolute atomic E-state index is 0.257. The van der Waals surface area contributed by atoms with E-state index in [-0.39, 0.29) is 5.76 Å². The third-order valence-electron chi connectivity index (χ3n) is 3.81. The molecule has 1 aromatic heterocycles. The summed E-state index contributed by atoms with van der Waals surface area (Å²) >= 11 is 3.74. The first-order valence-corrected chi connectivity index (χ1v) is 8.25. The van der Waals surface area contributed by atoms with Crippen LogP contribution in [0.5, 0.6) is 0 Å². The van der Waals surface area contributed by atoms with Crippen LogP contribution in [0.4, 0.5) is 0 Å². The second-order valence-electron chi connectivity index (χ2n) is 5.46. The van der Waals surface area contributed by atoms with Gasteiger partial charge in [0.05, 0.1) is 5.52 Å². The van der Waals surface area contributed by atoms with E-state index in [9.17, 15) is 4.79 Å². The van der Waals surface area contributed by atoms with Crippen molar-refractivity contribution in [2.45, 2.75) is 51.4 Å². The van der Waals surface area contributed by atoms with Crippen LogP contribution in [-0.2, 0) is 6.54 Å². The van der Waals surface area contributed by atoms with Crippen molar-refractivity contribution in [1.82, 2.24) is 4.57 Å². The predicted octanol–water partition coefficient (Wildman–Crippen LogP) is 4.88. The van der Waals surface area contributed by atoms with E-state index in [0.717, 1.165) is 18.4 Å². The Kier molecular flexibility index (Phi) is 5.08. The largest absolute Gasteiger partial charge is 0.419 e. The summed E-state index contributed by atoms with van der Waals surface area (Å²) < 4.78 is 7.07. The van der Waals surface area contributed by atoms with Crippen molar-refractivity contribution in [3.63, 3.8) is 0 Å². The SMILES string of the molecule is CCCn1c(=O)oc2cc(C(Br)CC(C)CC)ccc21. The minimum Gasteiger partial charge on any atom is -0.408 e. The zero-order valence-corrected chi connectivity index (χ0v) is 13.9. The monoisotopic (exact) mass is 339 g/mol. The normalized spacial score (nSPS) is 14.6. The van der Waals surface area contributed by atoms with Crippen LogP contribution in [0.15, 0.2) is 27.4 Å². The molecule has 0 aliphatic heterocycles. The van der Waals surface area contributed by atoms with Crippen molar-refractivity contribution in [2.75, 3.05) is 0 Å². The van der Waals surface area contributed by atoms with Crippen LogP contribution in [-0.4, -0.2) is 4.57 Å². The molecule has 3 nitrogen and oxygen atoms in total. The number of nitrogens with zero attached hydrogens (tertiary/aromatic N) is 1. The van der Waals surface area contributed by atoms with Crippen LogP contribution < -0.4 is 5.76 Å². The van der Waals surface area contributed by atoms with Gasteiger partial charge in [0.1, 0.15) is 0 Å². The number of aryl methyl sites for hydroxylation is 1. The molecule has 0 amide bonds. The van der Waals surface area contributed by atoms with E-state index in [1.807, 2.05) is 12.1 Å². The van der Waals surface area contributed by atoms with Crippen molar-refractivity contribution >= 4 is 27.0 Å². The third kappa shape index (κ3) is 3.17. The van der Waals surface area contributed by atoms with E-state index in [1.165, 1.54) is 12.0 Å². The lowest BCUT2D eigenvalue weighted by atomic mass is 9.99. The fourth-order valence-electron chi connectivity index (χ4n) is 2.37. The zero-order valence-electron chi connectivity index (χ0n) is 12.4. The lowest BCUT2D eigenvalue weighted by Gasteiger charge is -2.14. The van der Waals surface area contributed by atoms with E-state index in [4.69, 9.17) is 4.42 Å². The summed E-state index contributed by atoms with van der Waals surface area (Å²) in [6, 6.07) is 6.08. The standard InChI is InChI=1S/C16H22BrNO2/c1-4-8-18-14-7-6-12(10-15(14)20-16(18)19)13(17)9-11(3)5-2/h6-7,10-11,13H,4-5,8-9H2,1-3H3. The van der Waals surface area contributed by atoms with Gasteiger partial charge < -0.3 is 4.42 Å². The fourth-order valence-corrected chi connectivity index (χ4v) is 3.29. The Morgan fingerprint density at radius 2 is 2.10 bits per heavy atom. The number of fused-ring (bicyclic) bond motifs is 1. The van der Waals surface area contributed by atoms with Gasteiger partial charge in [-0.25, -0.2) is 4.79 Å². The molecule has 0 aliphatic carbocycles. The number of halogens is 1. The first-order chi connectivity index (χ1) is 9.56. The number of hydrogen-bond acceptors (Lipinski definition) is 2. The van der Waals surface area contributed by atoms with Crippen LogP contribution in [0, 0.1) is 5.92 Å². The van der Waals surface area contributed by atoms with Crippen LogP contribution in [0.2, 0.25) is 0 Å². The molecule has 2 atom stereocenters. The first-order valence-electron chi connectivity index (χ1n) is 7.34. The van der Waals surface area contributed by atoms with Crippen molar-refractivity contribution in [2.24, 2.45) is 5.92 Å². The Morgan fingerprint density at radius 3 is 2.75 bits per heavy atom. The average Bonchev–Trinajstić information content (AvgIpc) is 2.74. The minimum atomic E-state index is -0.257. The van der Waals surface area contributed by atoms with Gasteiger partial charge in [0.25, 0.3) is 0 Å². The molecule has 110 valence electrons. The summed E-state index contributed by atoms with van der Waals surface area (Å²) in [4.78, 5) is 12.1.